The standard InChI is InChI=1S/C19H16N6/c1-2-5-15(6-3-1)11-22-18-17(16-7-4-8-20-12-16)13-23-19(24-18)25-10-9-21-14-25/h1-10,12-14H,11H2,(H,22,23,24). The molecule has 0 aliphatic heterocycles. The predicted molar refractivity (Wildman–Crippen MR) is 96.2 cm³/mol. The predicted octanol–water partition coefficient (Wildman–Crippen LogP) is 3.34. The minimum absolute atomic E-state index is 0.570. The summed E-state index contributed by atoms with van der Waals surface area (Å²) in [5.41, 5.74) is 3.06. The van der Waals surface area contributed by atoms with Crippen LogP contribution in [0.5, 0.6) is 0 Å². The number of anilines is 1. The molecule has 0 unspecified atom stereocenters. The van der Waals surface area contributed by atoms with Crippen LogP contribution >= 0.6 is 0 Å². The van der Waals surface area contributed by atoms with Gasteiger partial charge in [-0.3, -0.25) is 9.55 Å². The van der Waals surface area contributed by atoms with Crippen LogP contribution in [0.3, 0.4) is 0 Å². The number of rotatable bonds is 5. The zero-order valence-corrected chi connectivity index (χ0v) is 13.4. The van der Waals surface area contributed by atoms with E-state index in [1.807, 2.05) is 48.9 Å². The first kappa shape index (κ1) is 15.0. The first-order valence-electron chi connectivity index (χ1n) is 7.94. The van der Waals surface area contributed by atoms with E-state index in [-0.39, 0.29) is 0 Å². The lowest BCUT2D eigenvalue weighted by Crippen LogP contribution is -2.07. The Morgan fingerprint density at radius 3 is 2.60 bits per heavy atom. The molecule has 0 bridgehead atoms. The van der Waals surface area contributed by atoms with Crippen LogP contribution in [0.4, 0.5) is 5.82 Å². The third-order valence-corrected chi connectivity index (χ3v) is 3.79. The topological polar surface area (TPSA) is 68.5 Å². The van der Waals surface area contributed by atoms with Crippen LogP contribution in [0.2, 0.25) is 0 Å². The molecule has 3 aromatic heterocycles. The van der Waals surface area contributed by atoms with E-state index >= 15 is 0 Å². The molecule has 25 heavy (non-hydrogen) atoms. The van der Waals surface area contributed by atoms with Crippen LogP contribution < -0.4 is 5.32 Å². The second-order valence-corrected chi connectivity index (χ2v) is 5.48. The van der Waals surface area contributed by atoms with E-state index in [4.69, 9.17) is 0 Å². The molecule has 6 heteroatoms. The molecule has 3 heterocycles. The van der Waals surface area contributed by atoms with Crippen molar-refractivity contribution in [3.05, 3.63) is 85.3 Å². The Morgan fingerprint density at radius 2 is 1.84 bits per heavy atom. The Morgan fingerprint density at radius 1 is 0.920 bits per heavy atom. The molecule has 1 aromatic carbocycles. The Hall–Kier alpha value is -3.54. The highest BCUT2D eigenvalue weighted by atomic mass is 15.2. The quantitative estimate of drug-likeness (QED) is 0.608. The van der Waals surface area contributed by atoms with Gasteiger partial charge in [0, 0.05) is 48.7 Å². The minimum atomic E-state index is 0.570. The molecule has 6 nitrogen and oxygen atoms in total. The Balaban J connectivity index is 1.71. The number of hydrogen-bond acceptors (Lipinski definition) is 5. The lowest BCUT2D eigenvalue weighted by atomic mass is 10.1. The third kappa shape index (κ3) is 3.37. The van der Waals surface area contributed by atoms with Gasteiger partial charge in [0.05, 0.1) is 0 Å². The van der Waals surface area contributed by atoms with Gasteiger partial charge in [-0.25, -0.2) is 9.97 Å². The summed E-state index contributed by atoms with van der Waals surface area (Å²) < 4.78 is 1.78. The minimum Gasteiger partial charge on any atom is -0.365 e. The van der Waals surface area contributed by atoms with Crippen molar-refractivity contribution in [2.75, 3.05) is 5.32 Å². The van der Waals surface area contributed by atoms with Gasteiger partial charge in [0.1, 0.15) is 12.1 Å². The molecule has 0 radical (unpaired) electrons. The van der Waals surface area contributed by atoms with Crippen LogP contribution in [0, 0.1) is 0 Å². The van der Waals surface area contributed by atoms with E-state index in [1.165, 1.54) is 5.56 Å². The molecular weight excluding hydrogens is 312 g/mol. The van der Waals surface area contributed by atoms with Crippen molar-refractivity contribution in [1.82, 2.24) is 24.5 Å². The zero-order valence-electron chi connectivity index (χ0n) is 13.4. The fourth-order valence-electron chi connectivity index (χ4n) is 2.52. The van der Waals surface area contributed by atoms with E-state index in [0.717, 1.165) is 16.9 Å². The van der Waals surface area contributed by atoms with Crippen molar-refractivity contribution in [1.29, 1.82) is 0 Å². The fraction of sp³-hybridized carbons (Fsp3) is 0.0526. The van der Waals surface area contributed by atoms with Gasteiger partial charge in [0.25, 0.3) is 0 Å². The maximum Gasteiger partial charge on any atom is 0.236 e. The summed E-state index contributed by atoms with van der Waals surface area (Å²) >= 11 is 0. The lowest BCUT2D eigenvalue weighted by molar-refractivity contribution is 0.922. The van der Waals surface area contributed by atoms with Crippen molar-refractivity contribution in [3.8, 4) is 17.1 Å². The van der Waals surface area contributed by atoms with E-state index in [1.54, 1.807) is 23.3 Å². The highest BCUT2D eigenvalue weighted by Gasteiger charge is 2.10. The van der Waals surface area contributed by atoms with Gasteiger partial charge < -0.3 is 5.32 Å². The molecule has 0 amide bonds. The molecular formula is C19H16N6. The average molecular weight is 328 g/mol. The smallest absolute Gasteiger partial charge is 0.236 e. The second-order valence-electron chi connectivity index (χ2n) is 5.48. The fourth-order valence-corrected chi connectivity index (χ4v) is 2.52. The van der Waals surface area contributed by atoms with E-state index < -0.39 is 0 Å². The average Bonchev–Trinajstić information content (AvgIpc) is 3.22. The molecule has 1 N–H and O–H groups in total. The SMILES string of the molecule is c1ccc(CNc2nc(-n3ccnc3)ncc2-c2cccnc2)cc1. The summed E-state index contributed by atoms with van der Waals surface area (Å²) in [5, 5.41) is 3.42. The monoisotopic (exact) mass is 328 g/mol. The van der Waals surface area contributed by atoms with Gasteiger partial charge in [-0.05, 0) is 11.6 Å². The van der Waals surface area contributed by atoms with Crippen molar-refractivity contribution in [2.45, 2.75) is 6.54 Å². The molecule has 0 saturated carbocycles. The summed E-state index contributed by atoms with van der Waals surface area (Å²) in [5.74, 6) is 1.33. The van der Waals surface area contributed by atoms with Crippen molar-refractivity contribution < 1.29 is 0 Å². The Bertz CT molecular complexity index is 936. The number of benzene rings is 1. The van der Waals surface area contributed by atoms with Crippen LogP contribution in [-0.2, 0) is 6.54 Å². The third-order valence-electron chi connectivity index (χ3n) is 3.79. The summed E-state index contributed by atoms with van der Waals surface area (Å²) in [6.45, 7) is 0.675. The van der Waals surface area contributed by atoms with Crippen LogP contribution in [-0.4, -0.2) is 24.5 Å². The maximum absolute atomic E-state index is 4.68. The van der Waals surface area contributed by atoms with Crippen molar-refractivity contribution in [3.63, 3.8) is 0 Å². The van der Waals surface area contributed by atoms with Gasteiger partial charge in [-0.1, -0.05) is 36.4 Å². The number of aromatic nitrogens is 5. The van der Waals surface area contributed by atoms with Crippen molar-refractivity contribution >= 4 is 5.82 Å². The van der Waals surface area contributed by atoms with Crippen LogP contribution in [0.1, 0.15) is 5.56 Å². The first-order chi connectivity index (χ1) is 12.4. The molecule has 0 aliphatic rings. The number of nitrogens with one attached hydrogen (secondary N) is 1. The second kappa shape index (κ2) is 6.92. The molecule has 0 atom stereocenters. The summed E-state index contributed by atoms with van der Waals surface area (Å²) in [6.07, 6.45) is 10.6. The molecule has 0 spiro atoms. The molecule has 0 fully saturated rings. The highest BCUT2D eigenvalue weighted by Crippen LogP contribution is 2.26. The van der Waals surface area contributed by atoms with Gasteiger partial charge in [-0.2, -0.15) is 4.98 Å². The molecule has 0 aliphatic carbocycles. The molecule has 122 valence electrons. The van der Waals surface area contributed by atoms with E-state index in [9.17, 15) is 0 Å². The lowest BCUT2D eigenvalue weighted by Gasteiger charge is -2.12. The largest absolute Gasteiger partial charge is 0.365 e. The molecule has 4 rings (SSSR count). The van der Waals surface area contributed by atoms with Gasteiger partial charge >= 0.3 is 0 Å². The van der Waals surface area contributed by atoms with Gasteiger partial charge in [0.15, 0.2) is 0 Å². The van der Waals surface area contributed by atoms with Crippen LogP contribution in [0.25, 0.3) is 17.1 Å². The highest BCUT2D eigenvalue weighted by molar-refractivity contribution is 5.74. The summed E-state index contributed by atoms with van der Waals surface area (Å²) in [6, 6.07) is 14.1. The normalized spacial score (nSPS) is 10.6. The summed E-state index contributed by atoms with van der Waals surface area (Å²) in [4.78, 5) is 17.4. The van der Waals surface area contributed by atoms with Crippen LogP contribution in [0.15, 0.2) is 79.8 Å². The number of imidazole rings is 1. The number of nitrogens with zero attached hydrogens (tertiary/aromatic N) is 5. The number of hydrogen-bond donors (Lipinski definition) is 1. The van der Waals surface area contributed by atoms with E-state index in [2.05, 4.69) is 37.4 Å². The Kier molecular flexibility index (Phi) is 4.16. The molecule has 0 saturated heterocycles. The van der Waals surface area contributed by atoms with Crippen molar-refractivity contribution in [2.24, 2.45) is 0 Å². The maximum atomic E-state index is 4.68. The van der Waals surface area contributed by atoms with E-state index in [0.29, 0.717) is 12.5 Å². The van der Waals surface area contributed by atoms with Gasteiger partial charge in [0.2, 0.25) is 5.95 Å². The van der Waals surface area contributed by atoms with Gasteiger partial charge in [-0.15, -0.1) is 0 Å². The number of pyridine rings is 1. The Labute approximate surface area is 145 Å². The first-order valence-corrected chi connectivity index (χ1v) is 7.94. The zero-order chi connectivity index (χ0) is 16.9. The molecule has 4 aromatic rings. The summed E-state index contributed by atoms with van der Waals surface area (Å²) in [7, 11) is 0.